The largest absolute Gasteiger partial charge is 0.481 e. The molecule has 1 aliphatic rings. The second-order valence-corrected chi connectivity index (χ2v) is 8.38. The highest BCUT2D eigenvalue weighted by atomic mass is 35.5. The molecule has 1 fully saturated rings. The van der Waals surface area contributed by atoms with Crippen LogP contribution < -0.4 is 5.32 Å². The molecule has 0 aromatic heterocycles. The van der Waals surface area contributed by atoms with E-state index in [2.05, 4.69) is 5.32 Å². The number of alkyl carbamates (subject to hydrolysis) is 1. The number of carbonyl (C=O) groups excluding carboxylic acids is 2. The van der Waals surface area contributed by atoms with E-state index in [0.717, 1.165) is 32.1 Å². The Hall–Kier alpha value is -2.28. The number of ether oxygens (including phenoxy) is 2. The number of nitrogens with one attached hydrogen (secondary N) is 1. The molecule has 7 nitrogen and oxygen atoms in total. The Kier molecular flexibility index (Phi) is 9.43. The summed E-state index contributed by atoms with van der Waals surface area (Å²) in [5.41, 5.74) is 0.600. The zero-order valence-corrected chi connectivity index (χ0v) is 18.2. The summed E-state index contributed by atoms with van der Waals surface area (Å²) < 4.78 is 10.7. The summed E-state index contributed by atoms with van der Waals surface area (Å²) in [5, 5.41) is 12.5. The predicted octanol–water partition coefficient (Wildman–Crippen LogP) is 4.73. The van der Waals surface area contributed by atoms with Gasteiger partial charge in [0.05, 0.1) is 11.8 Å². The first-order valence-electron chi connectivity index (χ1n) is 10.4. The number of halogens is 1. The monoisotopic (exact) mass is 439 g/mol. The molecule has 0 bridgehead atoms. The molecule has 1 aromatic carbocycles. The summed E-state index contributed by atoms with van der Waals surface area (Å²) in [6.07, 6.45) is 3.20. The van der Waals surface area contributed by atoms with Crippen LogP contribution in [0.2, 0.25) is 5.02 Å². The van der Waals surface area contributed by atoms with Crippen LogP contribution in [0.25, 0.3) is 0 Å². The predicted molar refractivity (Wildman–Crippen MR) is 112 cm³/mol. The first-order chi connectivity index (χ1) is 14.3. The average molecular weight is 440 g/mol. The Morgan fingerprint density at radius 1 is 1.10 bits per heavy atom. The lowest BCUT2D eigenvalue weighted by Gasteiger charge is -2.26. The second-order valence-electron chi connectivity index (χ2n) is 7.95. The molecule has 30 heavy (non-hydrogen) atoms. The number of hydrogen-bond acceptors (Lipinski definition) is 5. The van der Waals surface area contributed by atoms with Gasteiger partial charge in [-0.15, -0.1) is 0 Å². The van der Waals surface area contributed by atoms with Crippen molar-refractivity contribution in [3.05, 3.63) is 34.9 Å². The number of amides is 1. The van der Waals surface area contributed by atoms with Gasteiger partial charge in [0.25, 0.3) is 6.29 Å². The van der Waals surface area contributed by atoms with Crippen LogP contribution in [0.3, 0.4) is 0 Å². The third-order valence-corrected chi connectivity index (χ3v) is 5.46. The highest BCUT2D eigenvalue weighted by molar-refractivity contribution is 6.30. The van der Waals surface area contributed by atoms with Crippen LogP contribution in [0.15, 0.2) is 24.3 Å². The first-order valence-corrected chi connectivity index (χ1v) is 10.8. The minimum Gasteiger partial charge on any atom is -0.481 e. The Morgan fingerprint density at radius 3 is 2.30 bits per heavy atom. The number of hydrogen-bond donors (Lipinski definition) is 2. The minimum atomic E-state index is -0.992. The first kappa shape index (κ1) is 24.0. The standard InChI is InChI=1S/C22H30ClNO6/c1-14(2)21(29-20(27)16-6-4-3-5-7-16)30-22(28)24-13-12-18(19(25)26)15-8-10-17(23)11-9-15/h8-11,14,16,18,21H,3-7,12-13H2,1-2H3,(H,24,28)(H,25,26). The maximum Gasteiger partial charge on any atom is 0.410 e. The number of carboxylic acids is 1. The van der Waals surface area contributed by atoms with Gasteiger partial charge in [0.15, 0.2) is 0 Å². The van der Waals surface area contributed by atoms with Crippen LogP contribution in [0.5, 0.6) is 0 Å². The Bertz CT molecular complexity index is 715. The van der Waals surface area contributed by atoms with Gasteiger partial charge in [0.2, 0.25) is 0 Å². The van der Waals surface area contributed by atoms with Gasteiger partial charge >= 0.3 is 18.0 Å². The molecule has 1 amide bonds. The van der Waals surface area contributed by atoms with E-state index < -0.39 is 24.3 Å². The van der Waals surface area contributed by atoms with E-state index in [4.69, 9.17) is 21.1 Å². The lowest BCUT2D eigenvalue weighted by atomic mass is 9.89. The fourth-order valence-corrected chi connectivity index (χ4v) is 3.56. The van der Waals surface area contributed by atoms with Crippen LogP contribution >= 0.6 is 11.6 Å². The summed E-state index contributed by atoms with van der Waals surface area (Å²) >= 11 is 5.84. The topological polar surface area (TPSA) is 102 Å². The van der Waals surface area contributed by atoms with Crippen LogP contribution in [0.4, 0.5) is 4.79 Å². The van der Waals surface area contributed by atoms with Crippen molar-refractivity contribution in [1.29, 1.82) is 0 Å². The summed E-state index contributed by atoms with van der Waals surface area (Å²) in [6.45, 7) is 3.69. The number of benzene rings is 1. The summed E-state index contributed by atoms with van der Waals surface area (Å²) in [5.74, 6) is -2.44. The molecule has 2 rings (SSSR count). The van der Waals surface area contributed by atoms with Gasteiger partial charge < -0.3 is 19.9 Å². The Balaban J connectivity index is 1.83. The van der Waals surface area contributed by atoms with E-state index in [1.54, 1.807) is 38.1 Å². The van der Waals surface area contributed by atoms with Crippen molar-refractivity contribution in [1.82, 2.24) is 5.32 Å². The number of carbonyl (C=O) groups is 3. The quantitative estimate of drug-likeness (QED) is 0.426. The second kappa shape index (κ2) is 11.8. The van der Waals surface area contributed by atoms with Crippen molar-refractivity contribution >= 4 is 29.6 Å². The number of carboxylic acid groups (broad SMARTS) is 1. The molecule has 1 aromatic rings. The molecule has 0 saturated heterocycles. The zero-order valence-electron chi connectivity index (χ0n) is 17.4. The minimum absolute atomic E-state index is 0.0970. The van der Waals surface area contributed by atoms with Gasteiger partial charge in [-0.05, 0) is 37.0 Å². The van der Waals surface area contributed by atoms with Crippen LogP contribution in [-0.4, -0.2) is 36.0 Å². The summed E-state index contributed by atoms with van der Waals surface area (Å²) in [4.78, 5) is 36.1. The molecule has 8 heteroatoms. The Labute approximate surface area is 182 Å². The van der Waals surface area contributed by atoms with Gasteiger partial charge in [0, 0.05) is 17.5 Å². The van der Waals surface area contributed by atoms with Gasteiger partial charge in [0.1, 0.15) is 0 Å². The van der Waals surface area contributed by atoms with Gasteiger partial charge in [-0.25, -0.2) is 4.79 Å². The lowest BCUT2D eigenvalue weighted by molar-refractivity contribution is -0.180. The van der Waals surface area contributed by atoms with Crippen molar-refractivity contribution in [2.75, 3.05) is 6.54 Å². The molecule has 0 radical (unpaired) electrons. The number of rotatable bonds is 9. The molecule has 0 spiro atoms. The third-order valence-electron chi connectivity index (χ3n) is 5.21. The molecule has 0 aliphatic heterocycles. The molecule has 1 aliphatic carbocycles. The third kappa shape index (κ3) is 7.52. The maximum absolute atomic E-state index is 12.3. The van der Waals surface area contributed by atoms with Crippen LogP contribution in [-0.2, 0) is 19.1 Å². The van der Waals surface area contributed by atoms with E-state index in [0.29, 0.717) is 10.6 Å². The molecule has 2 atom stereocenters. The van der Waals surface area contributed by atoms with Crippen LogP contribution in [0, 0.1) is 11.8 Å². The smallest absolute Gasteiger partial charge is 0.410 e. The highest BCUT2D eigenvalue weighted by Crippen LogP contribution is 2.26. The van der Waals surface area contributed by atoms with E-state index in [1.807, 2.05) is 0 Å². The molecular weight excluding hydrogens is 410 g/mol. The van der Waals surface area contributed by atoms with Gasteiger partial charge in [-0.1, -0.05) is 56.8 Å². The summed E-state index contributed by atoms with van der Waals surface area (Å²) in [6, 6.07) is 6.56. The van der Waals surface area contributed by atoms with E-state index in [1.165, 1.54) is 0 Å². The van der Waals surface area contributed by atoms with Gasteiger partial charge in [-0.3, -0.25) is 9.59 Å². The molecule has 2 N–H and O–H groups in total. The SMILES string of the molecule is CC(C)C(OC(=O)NCCC(C(=O)O)c1ccc(Cl)cc1)OC(=O)C1CCCCC1. The molecular formula is C22H30ClNO6. The summed E-state index contributed by atoms with van der Waals surface area (Å²) in [7, 11) is 0. The van der Waals surface area contributed by atoms with Gasteiger partial charge in [-0.2, -0.15) is 0 Å². The fourth-order valence-electron chi connectivity index (χ4n) is 3.44. The normalized spacial score (nSPS) is 16.5. The molecule has 166 valence electrons. The lowest BCUT2D eigenvalue weighted by Crippen LogP contribution is -2.37. The Morgan fingerprint density at radius 2 is 1.73 bits per heavy atom. The fraction of sp³-hybridized carbons (Fsp3) is 0.591. The van der Waals surface area contributed by atoms with E-state index in [-0.39, 0.29) is 30.8 Å². The van der Waals surface area contributed by atoms with Crippen molar-refractivity contribution in [2.45, 2.75) is 64.6 Å². The maximum atomic E-state index is 12.3. The van der Waals surface area contributed by atoms with Crippen molar-refractivity contribution < 1.29 is 29.0 Å². The number of esters is 1. The van der Waals surface area contributed by atoms with Crippen molar-refractivity contribution in [2.24, 2.45) is 11.8 Å². The van der Waals surface area contributed by atoms with Crippen molar-refractivity contribution in [3.63, 3.8) is 0 Å². The average Bonchev–Trinajstić information content (AvgIpc) is 2.72. The van der Waals surface area contributed by atoms with Crippen LogP contribution in [0.1, 0.15) is 63.9 Å². The highest BCUT2D eigenvalue weighted by Gasteiger charge is 2.29. The molecule has 1 saturated carbocycles. The van der Waals surface area contributed by atoms with E-state index in [9.17, 15) is 19.5 Å². The molecule has 0 heterocycles. The van der Waals surface area contributed by atoms with Crippen molar-refractivity contribution in [3.8, 4) is 0 Å². The number of aliphatic carboxylic acids is 1. The van der Waals surface area contributed by atoms with E-state index >= 15 is 0 Å². The molecule has 2 unspecified atom stereocenters. The zero-order chi connectivity index (χ0) is 22.1.